The molecule has 0 bridgehead atoms. The highest BCUT2D eigenvalue weighted by Crippen LogP contribution is 2.28. The molecule has 5 N–H and O–H groups in total. The summed E-state index contributed by atoms with van der Waals surface area (Å²) >= 11 is 0. The van der Waals surface area contributed by atoms with E-state index in [-0.39, 0.29) is 23.8 Å². The Morgan fingerprint density at radius 3 is 2.93 bits per heavy atom. The smallest absolute Gasteiger partial charge is 0.224 e. The summed E-state index contributed by atoms with van der Waals surface area (Å²) in [5.74, 6) is 1.15. The van der Waals surface area contributed by atoms with Crippen LogP contribution < -0.4 is 16.4 Å². The van der Waals surface area contributed by atoms with Gasteiger partial charge in [-0.25, -0.2) is 4.98 Å². The Bertz CT molecular complexity index is 912. The minimum atomic E-state index is 0.0794. The number of nitrogen functional groups attached to an aromatic ring is 1. The van der Waals surface area contributed by atoms with Gasteiger partial charge in [0.2, 0.25) is 11.9 Å². The number of nitrogens with one attached hydrogen (secondary N) is 3. The molecule has 1 fully saturated rings. The predicted molar refractivity (Wildman–Crippen MR) is 105 cm³/mol. The molecule has 0 radical (unpaired) electrons. The van der Waals surface area contributed by atoms with Crippen molar-refractivity contribution in [1.29, 1.82) is 0 Å². The van der Waals surface area contributed by atoms with Crippen molar-refractivity contribution in [3.05, 3.63) is 24.9 Å². The van der Waals surface area contributed by atoms with E-state index in [0.717, 1.165) is 44.0 Å². The maximum Gasteiger partial charge on any atom is 0.224 e. The molecular weight excluding hydrogens is 358 g/mol. The number of fused-ring (bicyclic) bond motifs is 1. The third kappa shape index (κ3) is 4.21. The minimum Gasteiger partial charge on any atom is -0.368 e. The van der Waals surface area contributed by atoms with Gasteiger partial charge < -0.3 is 20.9 Å². The van der Waals surface area contributed by atoms with Crippen LogP contribution in [0, 0.1) is 5.92 Å². The van der Waals surface area contributed by atoms with Gasteiger partial charge >= 0.3 is 0 Å². The number of carbonyl (C=O) groups is 1. The standard InChI is InChI=1S/C18H25N9O/c19-18-24-15(14-10-22-26-16(14)25-18)23-13-4-2-12(3-5-13)17(28)21-6-1-8-27-9-7-20-11-27/h7,9-13H,1-6,8H2,(H,21,28)(H4,19,22,23,24,25,26). The Labute approximate surface area is 162 Å². The molecule has 4 rings (SSSR count). The summed E-state index contributed by atoms with van der Waals surface area (Å²) in [6.45, 7) is 1.55. The Morgan fingerprint density at radius 2 is 2.14 bits per heavy atom. The number of aryl methyl sites for hydroxylation is 1. The van der Waals surface area contributed by atoms with Crippen LogP contribution in [0.25, 0.3) is 11.0 Å². The molecular formula is C18H25N9O. The summed E-state index contributed by atoms with van der Waals surface area (Å²) in [4.78, 5) is 24.9. The monoisotopic (exact) mass is 383 g/mol. The molecule has 10 heteroatoms. The van der Waals surface area contributed by atoms with E-state index in [4.69, 9.17) is 5.73 Å². The largest absolute Gasteiger partial charge is 0.368 e. The molecule has 28 heavy (non-hydrogen) atoms. The van der Waals surface area contributed by atoms with E-state index in [0.29, 0.717) is 18.0 Å². The molecule has 3 aromatic rings. The Morgan fingerprint density at radius 1 is 1.29 bits per heavy atom. The number of amides is 1. The van der Waals surface area contributed by atoms with E-state index >= 15 is 0 Å². The van der Waals surface area contributed by atoms with Gasteiger partial charge in [0, 0.05) is 37.4 Å². The second-order valence-electron chi connectivity index (χ2n) is 7.20. The van der Waals surface area contributed by atoms with E-state index in [1.165, 1.54) is 0 Å². The first-order chi connectivity index (χ1) is 13.7. The third-order valence-corrected chi connectivity index (χ3v) is 5.22. The highest BCUT2D eigenvalue weighted by atomic mass is 16.1. The van der Waals surface area contributed by atoms with Gasteiger partial charge in [-0.05, 0) is 32.1 Å². The molecule has 0 saturated heterocycles. The Balaban J connectivity index is 1.22. The number of carbonyl (C=O) groups excluding carboxylic acids is 1. The van der Waals surface area contributed by atoms with Gasteiger partial charge in [0.05, 0.1) is 17.9 Å². The number of hydrogen-bond acceptors (Lipinski definition) is 7. The van der Waals surface area contributed by atoms with E-state index < -0.39 is 0 Å². The normalized spacial score (nSPS) is 19.6. The van der Waals surface area contributed by atoms with Crippen LogP contribution in [0.4, 0.5) is 11.8 Å². The third-order valence-electron chi connectivity index (χ3n) is 5.22. The summed E-state index contributed by atoms with van der Waals surface area (Å²) in [5, 5.41) is 14.2. The van der Waals surface area contributed by atoms with Gasteiger partial charge in [-0.3, -0.25) is 9.89 Å². The fourth-order valence-corrected chi connectivity index (χ4v) is 3.69. The second kappa shape index (κ2) is 8.24. The number of nitrogens with zero attached hydrogens (tertiary/aromatic N) is 5. The minimum absolute atomic E-state index is 0.0794. The van der Waals surface area contributed by atoms with Crippen LogP contribution in [0.3, 0.4) is 0 Å². The number of H-pyrrole nitrogens is 1. The summed E-state index contributed by atoms with van der Waals surface area (Å²) in [6.07, 6.45) is 11.6. The second-order valence-corrected chi connectivity index (χ2v) is 7.20. The van der Waals surface area contributed by atoms with Crippen molar-refractivity contribution in [2.45, 2.75) is 44.7 Å². The number of hydrogen-bond donors (Lipinski definition) is 4. The van der Waals surface area contributed by atoms with Crippen LogP contribution in [0.1, 0.15) is 32.1 Å². The highest BCUT2D eigenvalue weighted by molar-refractivity contribution is 5.87. The maximum absolute atomic E-state index is 12.4. The van der Waals surface area contributed by atoms with Crippen LogP contribution in [0.5, 0.6) is 0 Å². The van der Waals surface area contributed by atoms with Crippen molar-refractivity contribution in [3.63, 3.8) is 0 Å². The van der Waals surface area contributed by atoms with Crippen molar-refractivity contribution in [2.24, 2.45) is 5.92 Å². The molecule has 1 saturated carbocycles. The molecule has 0 aromatic carbocycles. The molecule has 1 aliphatic carbocycles. The highest BCUT2D eigenvalue weighted by Gasteiger charge is 2.26. The lowest BCUT2D eigenvalue weighted by Gasteiger charge is -2.29. The van der Waals surface area contributed by atoms with E-state index in [9.17, 15) is 4.79 Å². The molecule has 0 atom stereocenters. The summed E-state index contributed by atoms with van der Waals surface area (Å²) in [5.41, 5.74) is 6.40. The summed E-state index contributed by atoms with van der Waals surface area (Å²) < 4.78 is 2.01. The number of nitrogens with two attached hydrogens (primary N) is 1. The predicted octanol–water partition coefficient (Wildman–Crippen LogP) is 1.31. The van der Waals surface area contributed by atoms with Crippen molar-refractivity contribution in [2.75, 3.05) is 17.6 Å². The van der Waals surface area contributed by atoms with Crippen LogP contribution in [-0.2, 0) is 11.3 Å². The zero-order valence-corrected chi connectivity index (χ0v) is 15.6. The molecule has 0 aliphatic heterocycles. The van der Waals surface area contributed by atoms with Crippen molar-refractivity contribution >= 4 is 28.7 Å². The molecule has 3 heterocycles. The van der Waals surface area contributed by atoms with E-state index in [2.05, 4.69) is 35.8 Å². The summed E-state index contributed by atoms with van der Waals surface area (Å²) in [7, 11) is 0. The number of anilines is 2. The lowest BCUT2D eigenvalue weighted by molar-refractivity contribution is -0.125. The fraction of sp³-hybridized carbons (Fsp3) is 0.500. The van der Waals surface area contributed by atoms with Crippen LogP contribution >= 0.6 is 0 Å². The Hall–Kier alpha value is -3.17. The van der Waals surface area contributed by atoms with Gasteiger partial charge in [0.15, 0.2) is 5.65 Å². The Kier molecular flexibility index (Phi) is 5.36. The maximum atomic E-state index is 12.4. The quantitative estimate of drug-likeness (QED) is 0.451. The van der Waals surface area contributed by atoms with Gasteiger partial charge in [0.25, 0.3) is 0 Å². The molecule has 10 nitrogen and oxygen atoms in total. The molecule has 148 valence electrons. The molecule has 1 amide bonds. The van der Waals surface area contributed by atoms with Crippen LogP contribution in [-0.4, -0.2) is 48.2 Å². The van der Waals surface area contributed by atoms with Crippen LogP contribution in [0.2, 0.25) is 0 Å². The molecule has 1 aliphatic rings. The number of aromatic nitrogens is 6. The summed E-state index contributed by atoms with van der Waals surface area (Å²) in [6, 6.07) is 0.262. The number of aromatic amines is 1. The molecule has 0 unspecified atom stereocenters. The zero-order valence-electron chi connectivity index (χ0n) is 15.6. The van der Waals surface area contributed by atoms with Gasteiger partial charge in [-0.15, -0.1) is 0 Å². The van der Waals surface area contributed by atoms with Crippen LogP contribution in [0.15, 0.2) is 24.9 Å². The van der Waals surface area contributed by atoms with Crippen molar-refractivity contribution in [3.8, 4) is 0 Å². The van der Waals surface area contributed by atoms with Gasteiger partial charge in [0.1, 0.15) is 5.82 Å². The zero-order chi connectivity index (χ0) is 19.3. The average molecular weight is 383 g/mol. The van der Waals surface area contributed by atoms with Crippen molar-refractivity contribution < 1.29 is 4.79 Å². The lowest BCUT2D eigenvalue weighted by atomic mass is 9.85. The number of rotatable bonds is 7. The lowest BCUT2D eigenvalue weighted by Crippen LogP contribution is -2.36. The average Bonchev–Trinajstić information content (AvgIpc) is 3.37. The van der Waals surface area contributed by atoms with Gasteiger partial charge in [-0.2, -0.15) is 15.1 Å². The molecule has 3 aromatic heterocycles. The van der Waals surface area contributed by atoms with E-state index in [1.807, 2.05) is 10.8 Å². The molecule has 0 spiro atoms. The first-order valence-electron chi connectivity index (χ1n) is 9.65. The first kappa shape index (κ1) is 18.2. The van der Waals surface area contributed by atoms with Crippen molar-refractivity contribution in [1.82, 2.24) is 35.0 Å². The fourth-order valence-electron chi connectivity index (χ4n) is 3.69. The number of imidazole rings is 1. The first-order valence-corrected chi connectivity index (χ1v) is 9.65. The van der Waals surface area contributed by atoms with Gasteiger partial charge in [-0.1, -0.05) is 0 Å². The topological polar surface area (TPSA) is 139 Å². The SMILES string of the molecule is Nc1nc(NC2CCC(C(=O)NCCCn3ccnc3)CC2)c2cn[nH]c2n1. The van der Waals surface area contributed by atoms with E-state index in [1.54, 1.807) is 18.7 Å².